The van der Waals surface area contributed by atoms with E-state index in [1.54, 1.807) is 48.5 Å². The second-order valence-corrected chi connectivity index (χ2v) is 20.9. The summed E-state index contributed by atoms with van der Waals surface area (Å²) in [4.78, 5) is 46.5. The molecule has 2 aliphatic heterocycles. The molecule has 0 spiro atoms. The van der Waals surface area contributed by atoms with Crippen LogP contribution in [0.2, 0.25) is 20.1 Å². The number of halogens is 4. The summed E-state index contributed by atoms with van der Waals surface area (Å²) in [6.07, 6.45) is 2.76. The minimum atomic E-state index is -0.572. The first-order valence-corrected chi connectivity index (χ1v) is 24.5. The Bertz CT molecular complexity index is 2740. The van der Waals surface area contributed by atoms with Gasteiger partial charge in [0.15, 0.2) is 0 Å². The van der Waals surface area contributed by atoms with Crippen LogP contribution in [0, 0.1) is 5.92 Å². The third kappa shape index (κ3) is 12.3. The highest BCUT2D eigenvalue weighted by Crippen LogP contribution is 2.48. The minimum absolute atomic E-state index is 0.0103. The summed E-state index contributed by atoms with van der Waals surface area (Å²) < 4.78 is 32.5. The molecule has 4 heterocycles. The van der Waals surface area contributed by atoms with Crippen molar-refractivity contribution in [3.63, 3.8) is 0 Å². The maximum absolute atomic E-state index is 12.5. The average molecular weight is 1070 g/mol. The molecule has 2 aromatic heterocycles. The molecule has 17 nitrogen and oxygen atoms in total. The number of ether oxygens (including phenoxy) is 6. The first-order chi connectivity index (χ1) is 34.0. The molecule has 384 valence electrons. The maximum atomic E-state index is 12.5. The maximum Gasteiger partial charge on any atom is 0.410 e. The largest absolute Gasteiger partial charge is 0.495 e. The summed E-state index contributed by atoms with van der Waals surface area (Å²) in [6.45, 7) is 15.1. The topological polar surface area (TPSA) is 198 Å². The van der Waals surface area contributed by atoms with E-state index < -0.39 is 11.2 Å². The van der Waals surface area contributed by atoms with Crippen LogP contribution in [0.4, 0.5) is 21.5 Å². The lowest BCUT2D eigenvalue weighted by molar-refractivity contribution is 0.0279. The molecule has 2 aliphatic rings. The summed E-state index contributed by atoms with van der Waals surface area (Å²) in [5.41, 5.74) is 9.41. The second-order valence-electron chi connectivity index (χ2n) is 19.4. The Morgan fingerprint density at radius 2 is 0.958 bits per heavy atom. The van der Waals surface area contributed by atoms with Gasteiger partial charge in [0.05, 0.1) is 71.6 Å². The molecule has 8 rings (SSSR count). The van der Waals surface area contributed by atoms with E-state index >= 15 is 0 Å². The smallest absolute Gasteiger partial charge is 0.410 e. The molecular weight excluding hydrogens is 1010 g/mol. The summed E-state index contributed by atoms with van der Waals surface area (Å²) in [5.74, 6) is 2.98. The highest BCUT2D eigenvalue weighted by molar-refractivity contribution is 6.42. The van der Waals surface area contributed by atoms with Crippen LogP contribution in [-0.2, 0) is 9.47 Å². The van der Waals surface area contributed by atoms with Crippen molar-refractivity contribution in [1.29, 1.82) is 0 Å². The highest BCUT2D eigenvalue weighted by Gasteiger charge is 2.37. The number of hydrogen-bond acceptors (Lipinski definition) is 15. The average Bonchev–Trinajstić information content (AvgIpc) is 3.88. The Kier molecular flexibility index (Phi) is 16.5. The first kappa shape index (κ1) is 53.8. The molecule has 3 unspecified atom stereocenters. The quantitative estimate of drug-likeness (QED) is 0.117. The Hall–Kier alpha value is -5.98. The number of aromatic nitrogens is 4. The number of nitrogens with zero attached hydrogens (tertiary/aromatic N) is 6. The van der Waals surface area contributed by atoms with E-state index in [1.165, 1.54) is 14.2 Å². The van der Waals surface area contributed by atoms with Gasteiger partial charge in [-0.05, 0) is 82.9 Å². The number of likely N-dealkylation sites (tertiary alicyclic amines) is 2. The Labute approximate surface area is 438 Å². The van der Waals surface area contributed by atoms with Gasteiger partial charge < -0.3 is 54.6 Å². The molecule has 4 N–H and O–H groups in total. The predicted molar refractivity (Wildman–Crippen MR) is 284 cm³/mol. The van der Waals surface area contributed by atoms with Crippen molar-refractivity contribution >= 4 is 92.3 Å². The number of hydrogen-bond donors (Lipinski definition) is 3. The van der Waals surface area contributed by atoms with Crippen molar-refractivity contribution in [2.75, 3.05) is 65.3 Å². The van der Waals surface area contributed by atoms with Gasteiger partial charge in [-0.15, -0.1) is 0 Å². The van der Waals surface area contributed by atoms with Crippen LogP contribution in [0.5, 0.6) is 23.0 Å². The molecule has 6 aromatic rings. The first-order valence-electron chi connectivity index (χ1n) is 23.0. The monoisotopic (exact) mass is 1070 g/mol. The molecule has 0 aliphatic carbocycles. The number of rotatable bonds is 10. The van der Waals surface area contributed by atoms with Gasteiger partial charge >= 0.3 is 12.2 Å². The molecule has 2 fully saturated rings. The third-order valence-corrected chi connectivity index (χ3v) is 13.3. The minimum Gasteiger partial charge on any atom is -0.495 e. The van der Waals surface area contributed by atoms with Gasteiger partial charge in [0.25, 0.3) is 0 Å². The molecule has 0 radical (unpaired) electrons. The van der Waals surface area contributed by atoms with Crippen molar-refractivity contribution in [3.8, 4) is 45.3 Å². The van der Waals surface area contributed by atoms with E-state index in [-0.39, 0.29) is 36.2 Å². The SMILES string of the molecule is COc1cc(OC)c(Cl)c(-c2ccc3nc(NC4CN(C(=O)OC(C)(C)C)CC4C)ncc3c2)c1Cl.COc1cc(OC)c(Cl)c(-c2ccc3nc(NC4CN(C(=O)OC(C)(C)C)C[C@@H]4N)ncc3c2)c1Cl. The zero-order chi connectivity index (χ0) is 52.4. The predicted octanol–water partition coefficient (Wildman–Crippen LogP) is 11.3. The van der Waals surface area contributed by atoms with Gasteiger partial charge in [0.1, 0.15) is 34.2 Å². The molecule has 4 atom stereocenters. The number of nitrogens with two attached hydrogens (primary N) is 1. The van der Waals surface area contributed by atoms with Gasteiger partial charge in [-0.1, -0.05) is 65.5 Å². The lowest BCUT2D eigenvalue weighted by Crippen LogP contribution is -2.39. The normalized spacial score (nSPS) is 17.8. The number of amides is 2. The fourth-order valence-electron chi connectivity index (χ4n) is 8.21. The Morgan fingerprint density at radius 1 is 0.583 bits per heavy atom. The van der Waals surface area contributed by atoms with Gasteiger partial charge in [0, 0.05) is 78.6 Å². The molecular formula is C51H59Cl4N9O8. The molecule has 0 bridgehead atoms. The van der Waals surface area contributed by atoms with E-state index in [1.807, 2.05) is 77.9 Å². The molecule has 2 amide bonds. The summed E-state index contributed by atoms with van der Waals surface area (Å²) >= 11 is 26.3. The lowest BCUT2D eigenvalue weighted by atomic mass is 10.0. The third-order valence-electron chi connectivity index (χ3n) is 11.8. The molecule has 0 saturated carbocycles. The number of benzene rings is 4. The van der Waals surface area contributed by atoms with E-state index in [2.05, 4.69) is 37.5 Å². The Balaban J connectivity index is 0.000000211. The Morgan fingerprint density at radius 3 is 1.35 bits per heavy atom. The van der Waals surface area contributed by atoms with Crippen molar-refractivity contribution in [2.45, 2.75) is 77.8 Å². The van der Waals surface area contributed by atoms with E-state index in [0.29, 0.717) is 97.8 Å². The number of methoxy groups -OCH3 is 4. The number of carbonyl (C=O) groups excluding carboxylic acids is 2. The molecule has 21 heteroatoms. The number of nitrogens with one attached hydrogen (secondary N) is 2. The standard InChI is InChI=1S/C26H30Cl2N4O4.C25H29Cl2N5O4/c1-14-12-32(25(33)36-26(2,3)4)13-18(14)31-24-29-11-16-9-15(7-8-17(16)30-24)21-22(27)19(34-5)10-20(35-6)23(21)28;1-25(2,3)36-24(33)32-11-15(28)17(12-32)31-23-29-10-14-8-13(6-7-16(14)30-23)20-21(26)18(34-4)9-19(35-5)22(20)27/h7-11,14,18H,12-13H2,1-6H3,(H,29,30,31);6-10,15,17H,11-12,28H2,1-5H3,(H,29,30,31)/t;15-,17?/m.0/s1. The van der Waals surface area contributed by atoms with Gasteiger partial charge in [-0.3, -0.25) is 0 Å². The number of carbonyl (C=O) groups is 2. The van der Waals surface area contributed by atoms with Crippen LogP contribution >= 0.6 is 46.4 Å². The summed E-state index contributed by atoms with van der Waals surface area (Å²) in [7, 11) is 6.15. The van der Waals surface area contributed by atoms with Crippen LogP contribution in [0.3, 0.4) is 0 Å². The molecule has 4 aromatic carbocycles. The lowest BCUT2D eigenvalue weighted by Gasteiger charge is -2.24. The fourth-order valence-corrected chi connectivity index (χ4v) is 9.65. The van der Waals surface area contributed by atoms with E-state index in [4.69, 9.17) is 80.6 Å². The van der Waals surface area contributed by atoms with Gasteiger partial charge in [-0.2, -0.15) is 0 Å². The van der Waals surface area contributed by atoms with E-state index in [0.717, 1.165) is 27.4 Å². The summed E-state index contributed by atoms with van der Waals surface area (Å²) in [5, 5.41) is 9.79. The van der Waals surface area contributed by atoms with Crippen LogP contribution in [0.15, 0.2) is 60.9 Å². The number of fused-ring (bicyclic) bond motifs is 2. The number of anilines is 2. The van der Waals surface area contributed by atoms with E-state index in [9.17, 15) is 9.59 Å². The van der Waals surface area contributed by atoms with Crippen molar-refractivity contribution in [3.05, 3.63) is 81.0 Å². The highest BCUT2D eigenvalue weighted by atomic mass is 35.5. The molecule has 2 saturated heterocycles. The second kappa shape index (κ2) is 22.0. The van der Waals surface area contributed by atoms with Gasteiger partial charge in [0.2, 0.25) is 11.9 Å². The van der Waals surface area contributed by atoms with Crippen LogP contribution < -0.4 is 35.3 Å². The zero-order valence-corrected chi connectivity index (χ0v) is 45.0. The molecule has 72 heavy (non-hydrogen) atoms. The van der Waals surface area contributed by atoms with Crippen molar-refractivity contribution in [1.82, 2.24) is 29.7 Å². The van der Waals surface area contributed by atoms with Crippen LogP contribution in [-0.4, -0.2) is 126 Å². The summed E-state index contributed by atoms with van der Waals surface area (Å²) in [6, 6.07) is 14.2. The van der Waals surface area contributed by atoms with Crippen molar-refractivity contribution in [2.24, 2.45) is 11.7 Å². The van der Waals surface area contributed by atoms with Crippen LogP contribution in [0.25, 0.3) is 44.1 Å². The van der Waals surface area contributed by atoms with Gasteiger partial charge in [-0.25, -0.2) is 29.5 Å². The fraction of sp³-hybridized carbons (Fsp3) is 0.412. The van der Waals surface area contributed by atoms with Crippen molar-refractivity contribution < 1.29 is 38.0 Å². The van der Waals surface area contributed by atoms with Crippen LogP contribution in [0.1, 0.15) is 48.5 Å². The zero-order valence-electron chi connectivity index (χ0n) is 41.9.